The van der Waals surface area contributed by atoms with Crippen LogP contribution < -0.4 is 5.73 Å². The lowest BCUT2D eigenvalue weighted by Crippen LogP contribution is -2.34. The minimum Gasteiger partial charge on any atom is -0.338 e. The molecule has 0 amide bonds. The van der Waals surface area contributed by atoms with Gasteiger partial charge in [0.25, 0.3) is 0 Å². The number of nitrogens with two attached hydrogens (primary N) is 1. The largest absolute Gasteiger partial charge is 0.338 e. The lowest BCUT2D eigenvalue weighted by Gasteiger charge is -2.24. The molecule has 2 N–H and O–H groups in total. The SMILES string of the molecule is CCC(CC)(CN)c1nc(-c2cccc(Br)c2)no1. The zero-order valence-corrected chi connectivity index (χ0v) is 12.8. The first-order valence-corrected chi connectivity index (χ1v) is 7.24. The van der Waals surface area contributed by atoms with Crippen molar-refractivity contribution in [3.05, 3.63) is 34.6 Å². The van der Waals surface area contributed by atoms with Gasteiger partial charge in [0.15, 0.2) is 0 Å². The van der Waals surface area contributed by atoms with E-state index in [0.29, 0.717) is 18.3 Å². The molecule has 0 fully saturated rings. The summed E-state index contributed by atoms with van der Waals surface area (Å²) in [7, 11) is 0. The van der Waals surface area contributed by atoms with Crippen LogP contribution in [0, 0.1) is 0 Å². The first-order chi connectivity index (χ1) is 9.15. The molecule has 4 nitrogen and oxygen atoms in total. The van der Waals surface area contributed by atoms with E-state index < -0.39 is 0 Å². The lowest BCUT2D eigenvalue weighted by atomic mass is 9.82. The van der Waals surface area contributed by atoms with Gasteiger partial charge in [-0.25, -0.2) is 0 Å². The van der Waals surface area contributed by atoms with E-state index in [1.165, 1.54) is 0 Å². The highest BCUT2D eigenvalue weighted by molar-refractivity contribution is 9.10. The Labute approximate surface area is 121 Å². The van der Waals surface area contributed by atoms with Gasteiger partial charge >= 0.3 is 0 Å². The summed E-state index contributed by atoms with van der Waals surface area (Å²) in [4.78, 5) is 4.53. The van der Waals surface area contributed by atoms with E-state index >= 15 is 0 Å². The number of nitrogens with zero attached hydrogens (tertiary/aromatic N) is 2. The third-order valence-corrected chi connectivity index (χ3v) is 4.20. The fraction of sp³-hybridized carbons (Fsp3) is 0.429. The summed E-state index contributed by atoms with van der Waals surface area (Å²) < 4.78 is 6.43. The molecule has 0 spiro atoms. The number of benzene rings is 1. The van der Waals surface area contributed by atoms with Crippen LogP contribution in [0.4, 0.5) is 0 Å². The van der Waals surface area contributed by atoms with Crippen LogP contribution in [0.5, 0.6) is 0 Å². The van der Waals surface area contributed by atoms with Crippen molar-refractivity contribution in [3.8, 4) is 11.4 Å². The van der Waals surface area contributed by atoms with Crippen LogP contribution >= 0.6 is 15.9 Å². The van der Waals surface area contributed by atoms with Crippen molar-refractivity contribution in [2.45, 2.75) is 32.1 Å². The minimum atomic E-state index is -0.211. The molecule has 102 valence electrons. The zero-order chi connectivity index (χ0) is 13.9. The Morgan fingerprint density at radius 1 is 1.32 bits per heavy atom. The fourth-order valence-corrected chi connectivity index (χ4v) is 2.51. The van der Waals surface area contributed by atoms with E-state index in [9.17, 15) is 0 Å². The second-order valence-electron chi connectivity index (χ2n) is 4.63. The minimum absolute atomic E-state index is 0.211. The topological polar surface area (TPSA) is 64.9 Å². The third-order valence-electron chi connectivity index (χ3n) is 3.71. The number of hydrogen-bond acceptors (Lipinski definition) is 4. The van der Waals surface area contributed by atoms with Gasteiger partial charge in [-0.1, -0.05) is 47.1 Å². The normalized spacial score (nSPS) is 11.8. The van der Waals surface area contributed by atoms with Gasteiger partial charge in [-0.2, -0.15) is 4.98 Å². The van der Waals surface area contributed by atoms with Crippen molar-refractivity contribution in [1.82, 2.24) is 10.1 Å². The van der Waals surface area contributed by atoms with E-state index in [0.717, 1.165) is 22.9 Å². The van der Waals surface area contributed by atoms with Crippen LogP contribution in [0.3, 0.4) is 0 Å². The summed E-state index contributed by atoms with van der Waals surface area (Å²) in [6, 6.07) is 7.84. The Bertz CT molecular complexity index is 541. The standard InChI is InChI=1S/C14H18BrN3O/c1-3-14(4-2,9-16)13-17-12(18-19-13)10-6-5-7-11(15)8-10/h5-8H,3-4,9,16H2,1-2H3. The van der Waals surface area contributed by atoms with Gasteiger partial charge in [-0.3, -0.25) is 0 Å². The molecule has 0 unspecified atom stereocenters. The van der Waals surface area contributed by atoms with Gasteiger partial charge < -0.3 is 10.3 Å². The number of rotatable bonds is 5. The van der Waals surface area contributed by atoms with Crippen molar-refractivity contribution < 1.29 is 4.52 Å². The van der Waals surface area contributed by atoms with Crippen LogP contribution in [-0.4, -0.2) is 16.7 Å². The molecule has 0 radical (unpaired) electrons. The smallest absolute Gasteiger partial charge is 0.234 e. The maximum atomic E-state index is 5.90. The molecule has 0 aliphatic rings. The lowest BCUT2D eigenvalue weighted by molar-refractivity contribution is 0.267. The van der Waals surface area contributed by atoms with Crippen molar-refractivity contribution in [1.29, 1.82) is 0 Å². The van der Waals surface area contributed by atoms with Gasteiger partial charge in [-0.05, 0) is 25.0 Å². The molecule has 1 aromatic carbocycles. The summed E-state index contributed by atoms with van der Waals surface area (Å²) in [5.74, 6) is 1.24. The van der Waals surface area contributed by atoms with Crippen molar-refractivity contribution >= 4 is 15.9 Å². The van der Waals surface area contributed by atoms with Crippen LogP contribution in [-0.2, 0) is 5.41 Å². The van der Waals surface area contributed by atoms with Gasteiger partial charge in [0, 0.05) is 16.6 Å². The molecule has 5 heteroatoms. The first-order valence-electron chi connectivity index (χ1n) is 6.45. The van der Waals surface area contributed by atoms with Gasteiger partial charge in [0.1, 0.15) is 0 Å². The molecule has 0 saturated carbocycles. The molecule has 1 heterocycles. The van der Waals surface area contributed by atoms with E-state index in [-0.39, 0.29) is 5.41 Å². The highest BCUT2D eigenvalue weighted by Gasteiger charge is 2.33. The number of hydrogen-bond donors (Lipinski definition) is 1. The highest BCUT2D eigenvalue weighted by atomic mass is 79.9. The van der Waals surface area contributed by atoms with Crippen LogP contribution in [0.25, 0.3) is 11.4 Å². The summed E-state index contributed by atoms with van der Waals surface area (Å²) in [5.41, 5.74) is 6.62. The summed E-state index contributed by atoms with van der Waals surface area (Å²) in [6.07, 6.45) is 1.78. The van der Waals surface area contributed by atoms with E-state index in [1.54, 1.807) is 0 Å². The molecule has 0 aliphatic heterocycles. The zero-order valence-electron chi connectivity index (χ0n) is 11.2. The van der Waals surface area contributed by atoms with Crippen LogP contribution in [0.2, 0.25) is 0 Å². The average Bonchev–Trinajstić information content (AvgIpc) is 2.92. The molecule has 0 bridgehead atoms. The molecule has 1 aromatic heterocycles. The summed E-state index contributed by atoms with van der Waals surface area (Å²) in [6.45, 7) is 4.71. The third kappa shape index (κ3) is 2.72. The first kappa shape index (κ1) is 14.2. The molecular formula is C14H18BrN3O. The Hall–Kier alpha value is -1.20. The fourth-order valence-electron chi connectivity index (χ4n) is 2.11. The van der Waals surface area contributed by atoms with E-state index in [4.69, 9.17) is 10.3 Å². The van der Waals surface area contributed by atoms with Gasteiger partial charge in [0.05, 0.1) is 5.41 Å². The Morgan fingerprint density at radius 3 is 2.63 bits per heavy atom. The predicted octanol–water partition coefficient (Wildman–Crippen LogP) is 3.52. The average molecular weight is 324 g/mol. The quantitative estimate of drug-likeness (QED) is 0.914. The second kappa shape index (κ2) is 5.84. The maximum Gasteiger partial charge on any atom is 0.234 e. The van der Waals surface area contributed by atoms with Crippen molar-refractivity contribution in [2.24, 2.45) is 5.73 Å². The maximum absolute atomic E-state index is 5.90. The molecule has 2 rings (SSSR count). The molecule has 0 aliphatic carbocycles. The van der Waals surface area contributed by atoms with Gasteiger partial charge in [0.2, 0.25) is 11.7 Å². The van der Waals surface area contributed by atoms with Crippen molar-refractivity contribution in [3.63, 3.8) is 0 Å². The molecule has 0 atom stereocenters. The number of halogens is 1. The molecule has 0 saturated heterocycles. The molecule has 19 heavy (non-hydrogen) atoms. The van der Waals surface area contributed by atoms with Gasteiger partial charge in [-0.15, -0.1) is 0 Å². The molecule has 2 aromatic rings. The van der Waals surface area contributed by atoms with E-state index in [1.807, 2.05) is 24.3 Å². The summed E-state index contributed by atoms with van der Waals surface area (Å²) in [5, 5.41) is 4.07. The van der Waals surface area contributed by atoms with Crippen molar-refractivity contribution in [2.75, 3.05) is 6.54 Å². The number of aromatic nitrogens is 2. The Balaban J connectivity index is 2.38. The highest BCUT2D eigenvalue weighted by Crippen LogP contribution is 2.31. The monoisotopic (exact) mass is 323 g/mol. The summed E-state index contributed by atoms with van der Waals surface area (Å²) >= 11 is 3.44. The predicted molar refractivity (Wildman–Crippen MR) is 78.7 cm³/mol. The Kier molecular flexibility index (Phi) is 4.37. The van der Waals surface area contributed by atoms with E-state index in [2.05, 4.69) is 39.9 Å². The second-order valence-corrected chi connectivity index (χ2v) is 5.54. The van der Waals surface area contributed by atoms with Crippen LogP contribution in [0.1, 0.15) is 32.6 Å². The molecular weight excluding hydrogens is 306 g/mol. The van der Waals surface area contributed by atoms with Crippen LogP contribution in [0.15, 0.2) is 33.3 Å². The Morgan fingerprint density at radius 2 is 2.05 bits per heavy atom.